The maximum absolute atomic E-state index is 12.3. The molecule has 3 rings (SSSR count). The summed E-state index contributed by atoms with van der Waals surface area (Å²) in [5.41, 5.74) is 2.05. The van der Waals surface area contributed by atoms with E-state index in [2.05, 4.69) is 0 Å². The Morgan fingerprint density at radius 3 is 2.19 bits per heavy atom. The van der Waals surface area contributed by atoms with Crippen LogP contribution in [0.5, 0.6) is 0 Å². The van der Waals surface area contributed by atoms with Crippen LogP contribution in [0, 0.1) is 0 Å². The lowest BCUT2D eigenvalue weighted by molar-refractivity contribution is -0.139. The summed E-state index contributed by atoms with van der Waals surface area (Å²) >= 11 is 5.86. The van der Waals surface area contributed by atoms with Crippen LogP contribution in [-0.4, -0.2) is 22.7 Å². The Morgan fingerprint density at radius 2 is 1.62 bits per heavy atom. The first kappa shape index (κ1) is 18.1. The molecule has 1 fully saturated rings. The fourth-order valence-electron chi connectivity index (χ4n) is 2.76. The highest BCUT2D eigenvalue weighted by Crippen LogP contribution is 2.21. The minimum Gasteiger partial charge on any atom is -0.454 e. The van der Waals surface area contributed by atoms with Crippen LogP contribution in [0.4, 0.5) is 0 Å². The quantitative estimate of drug-likeness (QED) is 0.590. The van der Waals surface area contributed by atoms with Crippen molar-refractivity contribution >= 4 is 29.4 Å². The number of hydrogen-bond donors (Lipinski definition) is 0. The van der Waals surface area contributed by atoms with Crippen molar-refractivity contribution in [2.75, 3.05) is 0 Å². The largest absolute Gasteiger partial charge is 0.454 e. The van der Waals surface area contributed by atoms with Crippen molar-refractivity contribution in [2.24, 2.45) is 0 Å². The Balaban J connectivity index is 1.62. The lowest BCUT2D eigenvalue weighted by atomic mass is 10.1. The molecule has 0 bridgehead atoms. The molecule has 0 aliphatic carbocycles. The number of ether oxygens (including phenoxy) is 1. The fraction of sp³-hybridized carbons (Fsp3) is 0.250. The molecule has 2 aromatic carbocycles. The monoisotopic (exact) mass is 371 g/mol. The van der Waals surface area contributed by atoms with Crippen LogP contribution >= 0.6 is 11.6 Å². The van der Waals surface area contributed by atoms with Crippen LogP contribution in [0.15, 0.2) is 48.5 Å². The van der Waals surface area contributed by atoms with Crippen LogP contribution in [0.25, 0.3) is 0 Å². The van der Waals surface area contributed by atoms with Gasteiger partial charge < -0.3 is 4.74 Å². The zero-order chi connectivity index (χ0) is 18.7. The highest BCUT2D eigenvalue weighted by Gasteiger charge is 2.28. The molecule has 134 valence electrons. The number of halogens is 1. The number of hydrogen-bond acceptors (Lipinski definition) is 4. The molecule has 2 aromatic rings. The van der Waals surface area contributed by atoms with Gasteiger partial charge in [-0.2, -0.15) is 0 Å². The highest BCUT2D eigenvalue weighted by molar-refractivity contribution is 6.30. The van der Waals surface area contributed by atoms with Gasteiger partial charge in [-0.05, 0) is 42.3 Å². The molecule has 0 radical (unpaired) electrons. The smallest absolute Gasteiger partial charge is 0.338 e. The number of imide groups is 1. The van der Waals surface area contributed by atoms with Crippen LogP contribution in [0.2, 0.25) is 5.02 Å². The first-order valence-electron chi connectivity index (χ1n) is 8.32. The summed E-state index contributed by atoms with van der Waals surface area (Å²) in [6.07, 6.45) is 0.136. The van der Waals surface area contributed by atoms with Crippen LogP contribution in [0.1, 0.15) is 47.4 Å². The first-order chi connectivity index (χ1) is 12.4. The molecule has 1 heterocycles. The summed E-state index contributed by atoms with van der Waals surface area (Å²) in [7, 11) is 0. The van der Waals surface area contributed by atoms with Gasteiger partial charge in [0, 0.05) is 17.9 Å². The lowest BCUT2D eigenvalue weighted by Gasteiger charge is -2.15. The maximum Gasteiger partial charge on any atom is 0.338 e. The molecule has 0 saturated carbocycles. The summed E-state index contributed by atoms with van der Waals surface area (Å²) in [6, 6.07) is 13.8. The minimum atomic E-state index is -0.438. The number of esters is 1. The van der Waals surface area contributed by atoms with Gasteiger partial charge >= 0.3 is 5.97 Å². The van der Waals surface area contributed by atoms with Gasteiger partial charge in [-0.1, -0.05) is 35.9 Å². The summed E-state index contributed by atoms with van der Waals surface area (Å²) in [5.74, 6) is -0.752. The zero-order valence-corrected chi connectivity index (χ0v) is 15.0. The Bertz CT molecular complexity index is 814. The van der Waals surface area contributed by atoms with Crippen molar-refractivity contribution < 1.29 is 19.1 Å². The number of rotatable bonds is 5. The third-order valence-corrected chi connectivity index (χ3v) is 4.56. The number of carbonyl (C=O) groups excluding carboxylic acids is 3. The standard InChI is InChI=1S/C20H18ClNO4/c1-13(15-6-8-17(21)9-7-15)26-20(25)16-4-2-14(3-5-16)12-22-18(23)10-11-19(22)24/h2-9,13H,10-12H2,1H3. The summed E-state index contributed by atoms with van der Waals surface area (Å²) < 4.78 is 5.47. The van der Waals surface area contributed by atoms with Gasteiger partial charge in [0.05, 0.1) is 12.1 Å². The van der Waals surface area contributed by atoms with E-state index in [1.807, 2.05) is 12.1 Å². The van der Waals surface area contributed by atoms with Crippen molar-refractivity contribution in [3.63, 3.8) is 0 Å². The molecule has 6 heteroatoms. The third kappa shape index (κ3) is 4.11. The van der Waals surface area contributed by atoms with E-state index in [1.54, 1.807) is 43.3 Å². The van der Waals surface area contributed by atoms with Gasteiger partial charge in [-0.25, -0.2) is 4.79 Å². The molecule has 0 N–H and O–H groups in total. The van der Waals surface area contributed by atoms with E-state index in [0.717, 1.165) is 11.1 Å². The second-order valence-corrected chi connectivity index (χ2v) is 6.61. The summed E-state index contributed by atoms with van der Waals surface area (Å²) in [6.45, 7) is 2.02. The second-order valence-electron chi connectivity index (χ2n) is 6.17. The summed E-state index contributed by atoms with van der Waals surface area (Å²) in [4.78, 5) is 36.9. The first-order valence-corrected chi connectivity index (χ1v) is 8.70. The molecular formula is C20H18ClNO4. The van der Waals surface area contributed by atoms with Crippen molar-refractivity contribution in [2.45, 2.75) is 32.4 Å². The zero-order valence-electron chi connectivity index (χ0n) is 14.3. The second kappa shape index (κ2) is 7.70. The van der Waals surface area contributed by atoms with Gasteiger partial charge in [-0.15, -0.1) is 0 Å². The van der Waals surface area contributed by atoms with Gasteiger partial charge in [0.2, 0.25) is 11.8 Å². The average molecular weight is 372 g/mol. The topological polar surface area (TPSA) is 63.7 Å². The lowest BCUT2D eigenvalue weighted by Crippen LogP contribution is -2.28. The van der Waals surface area contributed by atoms with Crippen LogP contribution in [0.3, 0.4) is 0 Å². The van der Waals surface area contributed by atoms with E-state index in [0.29, 0.717) is 10.6 Å². The van der Waals surface area contributed by atoms with Crippen molar-refractivity contribution in [1.82, 2.24) is 4.90 Å². The predicted molar refractivity (Wildman–Crippen MR) is 96.5 cm³/mol. The van der Waals surface area contributed by atoms with E-state index in [-0.39, 0.29) is 31.2 Å². The van der Waals surface area contributed by atoms with Crippen molar-refractivity contribution in [1.29, 1.82) is 0 Å². The van der Waals surface area contributed by atoms with Crippen LogP contribution < -0.4 is 0 Å². The number of carbonyl (C=O) groups is 3. The SMILES string of the molecule is CC(OC(=O)c1ccc(CN2C(=O)CCC2=O)cc1)c1ccc(Cl)cc1. The fourth-order valence-corrected chi connectivity index (χ4v) is 2.88. The van der Waals surface area contributed by atoms with Gasteiger partial charge in [0.1, 0.15) is 6.10 Å². The number of nitrogens with zero attached hydrogens (tertiary/aromatic N) is 1. The minimum absolute atomic E-state index is 0.157. The third-order valence-electron chi connectivity index (χ3n) is 4.31. The van der Waals surface area contributed by atoms with Crippen molar-refractivity contribution in [3.8, 4) is 0 Å². The molecule has 0 aromatic heterocycles. The average Bonchev–Trinajstić information content (AvgIpc) is 2.94. The predicted octanol–water partition coefficient (Wildman–Crippen LogP) is 3.91. The molecule has 2 amide bonds. The molecule has 5 nitrogen and oxygen atoms in total. The Labute approximate surface area is 156 Å². The molecule has 0 spiro atoms. The number of likely N-dealkylation sites (tertiary alicyclic amines) is 1. The molecule has 26 heavy (non-hydrogen) atoms. The number of benzene rings is 2. The normalized spacial score (nSPS) is 15.2. The van der Waals surface area contributed by atoms with E-state index >= 15 is 0 Å². The Morgan fingerprint density at radius 1 is 1.04 bits per heavy atom. The van der Waals surface area contributed by atoms with Crippen LogP contribution in [-0.2, 0) is 20.9 Å². The molecule has 1 aliphatic heterocycles. The number of amides is 2. The van der Waals surface area contributed by atoms with E-state index in [4.69, 9.17) is 16.3 Å². The molecule has 1 unspecified atom stereocenters. The summed E-state index contributed by atoms with van der Waals surface area (Å²) in [5, 5.41) is 0.623. The van der Waals surface area contributed by atoms with Gasteiger partial charge in [0.15, 0.2) is 0 Å². The van der Waals surface area contributed by atoms with Gasteiger partial charge in [0.25, 0.3) is 0 Å². The van der Waals surface area contributed by atoms with E-state index < -0.39 is 12.1 Å². The molecule has 1 atom stereocenters. The molecular weight excluding hydrogens is 354 g/mol. The molecule has 1 aliphatic rings. The van der Waals surface area contributed by atoms with Gasteiger partial charge in [-0.3, -0.25) is 14.5 Å². The maximum atomic E-state index is 12.3. The Hall–Kier alpha value is -2.66. The van der Waals surface area contributed by atoms with E-state index in [9.17, 15) is 14.4 Å². The molecule has 1 saturated heterocycles. The Kier molecular flexibility index (Phi) is 5.38. The van der Waals surface area contributed by atoms with E-state index in [1.165, 1.54) is 4.90 Å². The van der Waals surface area contributed by atoms with Crippen molar-refractivity contribution in [3.05, 3.63) is 70.2 Å². The highest BCUT2D eigenvalue weighted by atomic mass is 35.5.